The standard InChI is InChI=1S/C11H17F3N2S/c1-8-3-2-4-10(5-8)7-17-9(16-10)15-6-11(12,13)14/h8H,2-7H2,1H3,(H,15,16). The molecule has 1 N–H and O–H groups in total. The van der Waals surface area contributed by atoms with Crippen molar-refractivity contribution >= 4 is 16.9 Å². The van der Waals surface area contributed by atoms with Gasteiger partial charge in [-0.15, -0.1) is 0 Å². The molecule has 1 heterocycles. The number of aliphatic imine (C=N–C) groups is 1. The summed E-state index contributed by atoms with van der Waals surface area (Å²) in [6.45, 7) is 1.13. The van der Waals surface area contributed by atoms with Crippen LogP contribution in [0.1, 0.15) is 32.6 Å². The minimum absolute atomic E-state index is 0.00671. The highest BCUT2D eigenvalue weighted by Gasteiger charge is 2.40. The number of hydrogen-bond donors (Lipinski definition) is 1. The lowest BCUT2D eigenvalue weighted by Gasteiger charge is -2.36. The van der Waals surface area contributed by atoms with E-state index >= 15 is 0 Å². The maximum atomic E-state index is 12.1. The SMILES string of the molecule is CC1CCCC2(CSC(=NCC(F)(F)F)N2)C1. The van der Waals surface area contributed by atoms with Gasteiger partial charge in [0.15, 0.2) is 5.17 Å². The predicted molar refractivity (Wildman–Crippen MR) is 64.3 cm³/mol. The van der Waals surface area contributed by atoms with Crippen molar-refractivity contribution < 1.29 is 13.2 Å². The molecule has 0 radical (unpaired) electrons. The Morgan fingerprint density at radius 3 is 2.94 bits per heavy atom. The first-order chi connectivity index (χ1) is 7.89. The maximum Gasteiger partial charge on any atom is 0.408 e. The topological polar surface area (TPSA) is 24.4 Å². The van der Waals surface area contributed by atoms with Gasteiger partial charge in [0.05, 0.1) is 0 Å². The molecule has 0 aromatic carbocycles. The van der Waals surface area contributed by atoms with Crippen molar-refractivity contribution in [1.82, 2.24) is 5.32 Å². The molecule has 0 bridgehead atoms. The second-order valence-electron chi connectivity index (χ2n) is 5.13. The second-order valence-corrected chi connectivity index (χ2v) is 6.10. The predicted octanol–water partition coefficient (Wildman–Crippen LogP) is 3.19. The van der Waals surface area contributed by atoms with Crippen LogP contribution in [0.3, 0.4) is 0 Å². The summed E-state index contributed by atoms with van der Waals surface area (Å²) in [6, 6.07) is 0. The van der Waals surface area contributed by atoms with Crippen LogP contribution in [0.4, 0.5) is 13.2 Å². The quantitative estimate of drug-likeness (QED) is 0.788. The maximum absolute atomic E-state index is 12.1. The summed E-state index contributed by atoms with van der Waals surface area (Å²) >= 11 is 1.43. The Kier molecular flexibility index (Phi) is 3.61. The summed E-state index contributed by atoms with van der Waals surface area (Å²) in [5.41, 5.74) is 0.00671. The van der Waals surface area contributed by atoms with Gasteiger partial charge in [0, 0.05) is 11.3 Å². The van der Waals surface area contributed by atoms with E-state index in [1.165, 1.54) is 18.2 Å². The van der Waals surface area contributed by atoms with Crippen molar-refractivity contribution in [2.75, 3.05) is 12.3 Å². The van der Waals surface area contributed by atoms with Crippen molar-refractivity contribution in [3.63, 3.8) is 0 Å². The molecule has 1 saturated heterocycles. The van der Waals surface area contributed by atoms with Crippen LogP contribution in [-0.4, -0.2) is 29.2 Å². The van der Waals surface area contributed by atoms with E-state index in [0.29, 0.717) is 11.1 Å². The lowest BCUT2D eigenvalue weighted by atomic mass is 9.78. The Labute approximate surface area is 103 Å². The van der Waals surface area contributed by atoms with Crippen molar-refractivity contribution in [1.29, 1.82) is 0 Å². The van der Waals surface area contributed by atoms with E-state index in [9.17, 15) is 13.2 Å². The first-order valence-electron chi connectivity index (χ1n) is 5.91. The lowest BCUT2D eigenvalue weighted by Crippen LogP contribution is -2.47. The average Bonchev–Trinajstić information content (AvgIpc) is 2.57. The van der Waals surface area contributed by atoms with Gasteiger partial charge in [-0.1, -0.05) is 31.5 Å². The molecule has 2 rings (SSSR count). The van der Waals surface area contributed by atoms with Gasteiger partial charge in [0.2, 0.25) is 0 Å². The fourth-order valence-electron chi connectivity index (χ4n) is 2.66. The van der Waals surface area contributed by atoms with Crippen LogP contribution in [0.15, 0.2) is 4.99 Å². The van der Waals surface area contributed by atoms with Crippen LogP contribution in [0.2, 0.25) is 0 Å². The molecule has 2 unspecified atom stereocenters. The zero-order valence-electron chi connectivity index (χ0n) is 9.81. The highest BCUT2D eigenvalue weighted by atomic mass is 32.2. The van der Waals surface area contributed by atoms with Crippen LogP contribution in [0, 0.1) is 5.92 Å². The molecule has 17 heavy (non-hydrogen) atoms. The summed E-state index contributed by atoms with van der Waals surface area (Å²) in [4.78, 5) is 3.61. The highest BCUT2D eigenvalue weighted by molar-refractivity contribution is 8.14. The Bertz CT molecular complexity index is 316. The summed E-state index contributed by atoms with van der Waals surface area (Å²) in [6.07, 6.45) is 0.273. The number of halogens is 3. The number of nitrogens with zero attached hydrogens (tertiary/aromatic N) is 1. The molecule has 2 atom stereocenters. The fourth-order valence-corrected chi connectivity index (χ4v) is 3.85. The minimum atomic E-state index is -4.20. The van der Waals surface area contributed by atoms with Crippen LogP contribution in [0.5, 0.6) is 0 Å². The van der Waals surface area contributed by atoms with E-state index in [0.717, 1.165) is 25.0 Å². The molecule has 1 saturated carbocycles. The third-order valence-electron chi connectivity index (χ3n) is 3.35. The zero-order valence-corrected chi connectivity index (χ0v) is 10.6. The van der Waals surface area contributed by atoms with E-state index in [1.54, 1.807) is 0 Å². The first kappa shape index (κ1) is 13.1. The van der Waals surface area contributed by atoms with E-state index in [4.69, 9.17) is 0 Å². The molecule has 1 aliphatic heterocycles. The summed E-state index contributed by atoms with van der Waals surface area (Å²) < 4.78 is 36.2. The number of amidine groups is 1. The number of thioether (sulfide) groups is 1. The monoisotopic (exact) mass is 266 g/mol. The van der Waals surface area contributed by atoms with Crippen molar-refractivity contribution in [3.05, 3.63) is 0 Å². The third kappa shape index (κ3) is 3.53. The lowest BCUT2D eigenvalue weighted by molar-refractivity contribution is -0.118. The van der Waals surface area contributed by atoms with E-state index < -0.39 is 12.7 Å². The number of rotatable bonds is 1. The van der Waals surface area contributed by atoms with Gasteiger partial charge in [-0.2, -0.15) is 13.2 Å². The molecule has 2 aliphatic rings. The van der Waals surface area contributed by atoms with Crippen LogP contribution in [-0.2, 0) is 0 Å². The van der Waals surface area contributed by atoms with E-state index in [2.05, 4.69) is 17.2 Å². The molecule has 6 heteroatoms. The molecule has 2 nitrogen and oxygen atoms in total. The second kappa shape index (κ2) is 4.71. The summed E-state index contributed by atoms with van der Waals surface area (Å²) in [5, 5.41) is 3.69. The Morgan fingerprint density at radius 1 is 1.53 bits per heavy atom. The van der Waals surface area contributed by atoms with Gasteiger partial charge in [0.25, 0.3) is 0 Å². The van der Waals surface area contributed by atoms with Crippen molar-refractivity contribution in [3.8, 4) is 0 Å². The average molecular weight is 266 g/mol. The molecule has 2 fully saturated rings. The molecule has 0 aromatic rings. The van der Waals surface area contributed by atoms with E-state index in [1.807, 2.05) is 0 Å². The van der Waals surface area contributed by atoms with Gasteiger partial charge in [-0.3, -0.25) is 4.99 Å². The minimum Gasteiger partial charge on any atom is -0.359 e. The third-order valence-corrected chi connectivity index (χ3v) is 4.55. The van der Waals surface area contributed by atoms with Crippen molar-refractivity contribution in [2.45, 2.75) is 44.3 Å². The fraction of sp³-hybridized carbons (Fsp3) is 0.909. The van der Waals surface area contributed by atoms with Crippen LogP contribution < -0.4 is 5.32 Å². The molecule has 1 aliphatic carbocycles. The molecule has 1 spiro atoms. The van der Waals surface area contributed by atoms with Gasteiger partial charge in [0.1, 0.15) is 6.54 Å². The molecule has 0 aromatic heterocycles. The van der Waals surface area contributed by atoms with Gasteiger partial charge >= 0.3 is 6.18 Å². The molecule has 0 amide bonds. The Balaban J connectivity index is 1.94. The highest BCUT2D eigenvalue weighted by Crippen LogP contribution is 2.38. The van der Waals surface area contributed by atoms with Gasteiger partial charge < -0.3 is 5.32 Å². The van der Waals surface area contributed by atoms with E-state index in [-0.39, 0.29) is 5.54 Å². The molecular formula is C11H17F3N2S. The molecular weight excluding hydrogens is 249 g/mol. The van der Waals surface area contributed by atoms with Crippen LogP contribution in [0.25, 0.3) is 0 Å². The Morgan fingerprint density at radius 2 is 2.29 bits per heavy atom. The number of nitrogens with one attached hydrogen (secondary N) is 1. The Hall–Kier alpha value is -0.390. The van der Waals surface area contributed by atoms with Gasteiger partial charge in [-0.05, 0) is 18.8 Å². The summed E-state index contributed by atoms with van der Waals surface area (Å²) in [7, 11) is 0. The normalized spacial score (nSPS) is 36.5. The molecule has 98 valence electrons. The number of hydrogen-bond acceptors (Lipinski definition) is 2. The summed E-state index contributed by atoms with van der Waals surface area (Å²) in [5.74, 6) is 1.51. The van der Waals surface area contributed by atoms with Crippen molar-refractivity contribution in [2.24, 2.45) is 10.9 Å². The van der Waals surface area contributed by atoms with Gasteiger partial charge in [-0.25, -0.2) is 0 Å². The first-order valence-corrected chi connectivity index (χ1v) is 6.89. The van der Waals surface area contributed by atoms with Crippen LogP contribution >= 0.6 is 11.8 Å². The largest absolute Gasteiger partial charge is 0.408 e. The zero-order chi connectivity index (χ0) is 12.5. The smallest absolute Gasteiger partial charge is 0.359 e. The number of alkyl halides is 3.